The maximum atomic E-state index is 9.86. The summed E-state index contributed by atoms with van der Waals surface area (Å²) in [6.45, 7) is 10.8. The minimum Gasteiger partial charge on any atom is -0.478 e. The van der Waals surface area contributed by atoms with Crippen LogP contribution in [0.2, 0.25) is 0 Å². The Kier molecular flexibility index (Phi) is 14.8. The van der Waals surface area contributed by atoms with E-state index in [-0.39, 0.29) is 5.57 Å². The minimum absolute atomic E-state index is 0.176. The highest BCUT2D eigenvalue weighted by Gasteiger charge is 1.93. The summed E-state index contributed by atoms with van der Waals surface area (Å²) in [7, 11) is 0. The van der Waals surface area contributed by atoms with E-state index in [9.17, 15) is 14.4 Å². The Morgan fingerprint density at radius 3 is 1.28 bits per heavy atom. The Bertz CT molecular complexity index is 340. The first-order valence-corrected chi connectivity index (χ1v) is 4.70. The maximum Gasteiger partial charge on any atom is 0.330 e. The van der Waals surface area contributed by atoms with E-state index in [1.807, 2.05) is 0 Å². The van der Waals surface area contributed by atoms with E-state index in [0.29, 0.717) is 5.57 Å². The van der Waals surface area contributed by atoms with Gasteiger partial charge in [0.15, 0.2) is 0 Å². The number of allylic oxidation sites excluding steroid dienone is 1. The van der Waals surface area contributed by atoms with Crippen molar-refractivity contribution >= 4 is 17.9 Å². The number of rotatable bonds is 3. The van der Waals surface area contributed by atoms with E-state index in [1.54, 1.807) is 19.9 Å². The highest BCUT2D eigenvalue weighted by molar-refractivity contribution is 5.85. The van der Waals surface area contributed by atoms with E-state index < -0.39 is 17.9 Å². The van der Waals surface area contributed by atoms with Crippen molar-refractivity contribution in [2.45, 2.75) is 20.8 Å². The molecule has 0 atom stereocenters. The molecule has 0 bridgehead atoms. The zero-order valence-corrected chi connectivity index (χ0v) is 10.6. The van der Waals surface area contributed by atoms with Gasteiger partial charge in [-0.2, -0.15) is 0 Å². The van der Waals surface area contributed by atoms with Crippen molar-refractivity contribution in [3.63, 3.8) is 0 Å². The quantitative estimate of drug-likeness (QED) is 0.667. The van der Waals surface area contributed by atoms with Crippen LogP contribution >= 0.6 is 0 Å². The van der Waals surface area contributed by atoms with Gasteiger partial charge in [0.25, 0.3) is 0 Å². The molecule has 6 heteroatoms. The van der Waals surface area contributed by atoms with Gasteiger partial charge >= 0.3 is 17.9 Å². The first kappa shape index (κ1) is 21.0. The van der Waals surface area contributed by atoms with Crippen LogP contribution in [0.25, 0.3) is 0 Å². The first-order chi connectivity index (χ1) is 8.09. The molecule has 6 nitrogen and oxygen atoms in total. The second-order valence-electron chi connectivity index (χ2n) is 2.90. The normalized spacial score (nSPS) is 8.72. The van der Waals surface area contributed by atoms with Gasteiger partial charge in [0.1, 0.15) is 0 Å². The predicted molar refractivity (Wildman–Crippen MR) is 67.3 cm³/mol. The Morgan fingerprint density at radius 2 is 1.28 bits per heavy atom. The number of carboxylic acids is 3. The van der Waals surface area contributed by atoms with Crippen LogP contribution in [0.1, 0.15) is 20.8 Å². The molecule has 0 heterocycles. The van der Waals surface area contributed by atoms with Crippen molar-refractivity contribution in [2.75, 3.05) is 0 Å². The van der Waals surface area contributed by atoms with Crippen molar-refractivity contribution in [3.05, 3.63) is 36.5 Å². The Morgan fingerprint density at radius 1 is 1.00 bits per heavy atom. The third-order valence-electron chi connectivity index (χ3n) is 1.31. The molecule has 102 valence electrons. The van der Waals surface area contributed by atoms with E-state index >= 15 is 0 Å². The van der Waals surface area contributed by atoms with Crippen LogP contribution in [0.5, 0.6) is 0 Å². The van der Waals surface area contributed by atoms with Crippen molar-refractivity contribution in [1.82, 2.24) is 0 Å². The summed E-state index contributed by atoms with van der Waals surface area (Å²) in [6.07, 6.45) is 2.39. The maximum absolute atomic E-state index is 9.86. The number of carbonyl (C=O) groups is 3. The summed E-state index contributed by atoms with van der Waals surface area (Å²) in [5.74, 6) is -2.76. The lowest BCUT2D eigenvalue weighted by Crippen LogP contribution is -1.93. The van der Waals surface area contributed by atoms with Gasteiger partial charge in [0.2, 0.25) is 0 Å². The van der Waals surface area contributed by atoms with Crippen LogP contribution in [-0.2, 0) is 14.4 Å². The molecule has 0 unspecified atom stereocenters. The molecule has 0 amide bonds. The summed E-state index contributed by atoms with van der Waals surface area (Å²) in [5, 5.41) is 23.6. The van der Waals surface area contributed by atoms with Gasteiger partial charge in [0, 0.05) is 17.2 Å². The lowest BCUT2D eigenvalue weighted by Gasteiger charge is -1.84. The molecule has 0 fully saturated rings. The molecule has 0 aliphatic heterocycles. The van der Waals surface area contributed by atoms with E-state index in [4.69, 9.17) is 15.3 Å². The lowest BCUT2D eigenvalue weighted by molar-refractivity contribution is -0.133. The molecular formula is C12H18O6. The second kappa shape index (κ2) is 12.7. The summed E-state index contributed by atoms with van der Waals surface area (Å²) in [6, 6.07) is 0. The third-order valence-corrected chi connectivity index (χ3v) is 1.31. The van der Waals surface area contributed by atoms with Crippen LogP contribution in [0.4, 0.5) is 0 Å². The molecule has 0 rings (SSSR count). The van der Waals surface area contributed by atoms with Gasteiger partial charge in [-0.15, -0.1) is 0 Å². The van der Waals surface area contributed by atoms with Crippen molar-refractivity contribution in [3.8, 4) is 0 Å². The third kappa shape index (κ3) is 23.4. The molecule has 18 heavy (non-hydrogen) atoms. The number of hydrogen-bond donors (Lipinski definition) is 3. The molecule has 0 saturated heterocycles. The molecule has 0 aromatic heterocycles. The van der Waals surface area contributed by atoms with Gasteiger partial charge in [-0.1, -0.05) is 19.2 Å². The standard InChI is InChI=1S/C5H8O2.C4H6O2.C3H4O2/c1-3-4(2)5(6)7;1-3(2)4(5)6;1-2-3(4)5/h3H,1-2H3,(H,6,7);1H2,2H3,(H,5,6);2H,1H2,(H,4,5). The second-order valence-corrected chi connectivity index (χ2v) is 2.90. The molecule has 3 N–H and O–H groups in total. The fourth-order valence-corrected chi connectivity index (χ4v) is 0.123. The molecule has 0 aliphatic rings. The van der Waals surface area contributed by atoms with E-state index in [2.05, 4.69) is 13.2 Å². The van der Waals surface area contributed by atoms with Gasteiger partial charge < -0.3 is 15.3 Å². The average Bonchev–Trinajstić information content (AvgIpc) is 2.29. The van der Waals surface area contributed by atoms with Gasteiger partial charge in [-0.3, -0.25) is 0 Å². The minimum atomic E-state index is -0.981. The fourth-order valence-electron chi connectivity index (χ4n) is 0.123. The molecular weight excluding hydrogens is 240 g/mol. The first-order valence-electron chi connectivity index (χ1n) is 4.70. The zero-order valence-electron chi connectivity index (χ0n) is 10.6. The number of aliphatic carboxylic acids is 3. The lowest BCUT2D eigenvalue weighted by atomic mass is 10.3. The summed E-state index contributed by atoms with van der Waals surface area (Å²) in [4.78, 5) is 28.7. The van der Waals surface area contributed by atoms with Crippen molar-refractivity contribution in [1.29, 1.82) is 0 Å². The Labute approximate surface area is 106 Å². The fraction of sp³-hybridized carbons (Fsp3) is 0.250. The topological polar surface area (TPSA) is 112 Å². The van der Waals surface area contributed by atoms with Crippen LogP contribution in [0.3, 0.4) is 0 Å². The Hall–Kier alpha value is -2.37. The smallest absolute Gasteiger partial charge is 0.330 e. The van der Waals surface area contributed by atoms with E-state index in [0.717, 1.165) is 6.08 Å². The summed E-state index contributed by atoms with van der Waals surface area (Å²) in [5.41, 5.74) is 0.565. The van der Waals surface area contributed by atoms with Crippen LogP contribution in [0.15, 0.2) is 36.5 Å². The molecule has 0 saturated carbocycles. The van der Waals surface area contributed by atoms with Crippen LogP contribution < -0.4 is 0 Å². The largest absolute Gasteiger partial charge is 0.478 e. The molecule has 0 aromatic carbocycles. The van der Waals surface area contributed by atoms with Crippen LogP contribution in [-0.4, -0.2) is 33.2 Å². The Balaban J connectivity index is -0.000000190. The highest BCUT2D eigenvalue weighted by Crippen LogP contribution is 1.87. The predicted octanol–water partition coefficient (Wildman–Crippen LogP) is 1.94. The number of carboxylic acid groups (broad SMARTS) is 3. The van der Waals surface area contributed by atoms with Gasteiger partial charge in [0.05, 0.1) is 0 Å². The average molecular weight is 258 g/mol. The SMILES string of the molecule is C=C(C)C(=O)O.C=CC(=O)O.CC=C(C)C(=O)O. The molecule has 0 aliphatic carbocycles. The van der Waals surface area contributed by atoms with Crippen molar-refractivity contribution < 1.29 is 29.7 Å². The van der Waals surface area contributed by atoms with Crippen molar-refractivity contribution in [2.24, 2.45) is 0 Å². The highest BCUT2D eigenvalue weighted by atomic mass is 16.4. The summed E-state index contributed by atoms with van der Waals surface area (Å²) >= 11 is 0. The molecule has 0 aromatic rings. The monoisotopic (exact) mass is 258 g/mol. The molecule has 0 radical (unpaired) electrons. The van der Waals surface area contributed by atoms with E-state index in [1.165, 1.54) is 6.92 Å². The molecule has 0 spiro atoms. The van der Waals surface area contributed by atoms with Gasteiger partial charge in [-0.05, 0) is 20.8 Å². The van der Waals surface area contributed by atoms with Gasteiger partial charge in [-0.25, -0.2) is 14.4 Å². The summed E-state index contributed by atoms with van der Waals surface area (Å²) < 4.78 is 0. The number of hydrogen-bond acceptors (Lipinski definition) is 3. The zero-order chi connectivity index (χ0) is 15.3. The van der Waals surface area contributed by atoms with Crippen LogP contribution in [0, 0.1) is 0 Å².